The van der Waals surface area contributed by atoms with Gasteiger partial charge in [0.25, 0.3) is 0 Å². The summed E-state index contributed by atoms with van der Waals surface area (Å²) in [6.07, 6.45) is 5.77. The van der Waals surface area contributed by atoms with E-state index in [9.17, 15) is 4.79 Å². The third-order valence-corrected chi connectivity index (χ3v) is 7.81. The van der Waals surface area contributed by atoms with E-state index in [1.165, 1.54) is 22.2 Å². The van der Waals surface area contributed by atoms with Crippen molar-refractivity contribution in [2.75, 3.05) is 18.8 Å². The van der Waals surface area contributed by atoms with Crippen LogP contribution in [0, 0.1) is 18.8 Å². The standard InChI is InChI=1S/C20H27N3OS2/c1-12-6-8-23(9-7-12)17(24)11-25-19-18-15-5-4-13(2)10-16(15)26-20(18)22-14(3)21-19/h12-13H,4-11H2,1-3H3. The summed E-state index contributed by atoms with van der Waals surface area (Å²) in [6, 6.07) is 0. The number of nitrogens with zero attached hydrogens (tertiary/aromatic N) is 3. The van der Waals surface area contributed by atoms with Crippen LogP contribution < -0.4 is 0 Å². The molecule has 0 saturated carbocycles. The minimum Gasteiger partial charge on any atom is -0.342 e. The SMILES string of the molecule is Cc1nc(SCC(=O)N2CCC(C)CC2)c2c3c(sc2n1)CC(C)CC3. The number of amides is 1. The fraction of sp³-hybridized carbons (Fsp3) is 0.650. The van der Waals surface area contributed by atoms with Crippen molar-refractivity contribution in [2.24, 2.45) is 11.8 Å². The fourth-order valence-electron chi connectivity index (χ4n) is 3.99. The third-order valence-electron chi connectivity index (χ3n) is 5.70. The van der Waals surface area contributed by atoms with Crippen LogP contribution in [0.4, 0.5) is 0 Å². The van der Waals surface area contributed by atoms with Gasteiger partial charge in [-0.3, -0.25) is 4.79 Å². The normalized spacial score (nSPS) is 21.2. The third kappa shape index (κ3) is 3.63. The largest absolute Gasteiger partial charge is 0.342 e. The van der Waals surface area contributed by atoms with Crippen molar-refractivity contribution in [2.45, 2.75) is 57.9 Å². The van der Waals surface area contributed by atoms with Gasteiger partial charge in [-0.2, -0.15) is 0 Å². The number of thiophene rings is 1. The summed E-state index contributed by atoms with van der Waals surface area (Å²) < 4.78 is 0. The van der Waals surface area contributed by atoms with Crippen molar-refractivity contribution < 1.29 is 4.79 Å². The number of piperidine rings is 1. The van der Waals surface area contributed by atoms with Gasteiger partial charge >= 0.3 is 0 Å². The average Bonchev–Trinajstić information content (AvgIpc) is 2.96. The first-order valence-corrected chi connectivity index (χ1v) is 11.5. The summed E-state index contributed by atoms with van der Waals surface area (Å²) in [5, 5.41) is 2.24. The van der Waals surface area contributed by atoms with Crippen molar-refractivity contribution in [3.63, 3.8) is 0 Å². The highest BCUT2D eigenvalue weighted by Crippen LogP contribution is 2.41. The van der Waals surface area contributed by atoms with Crippen molar-refractivity contribution >= 4 is 39.2 Å². The Morgan fingerprint density at radius 2 is 1.96 bits per heavy atom. The second kappa shape index (κ2) is 7.47. The minimum atomic E-state index is 0.254. The quantitative estimate of drug-likeness (QED) is 0.574. The molecule has 0 spiro atoms. The lowest BCUT2D eigenvalue weighted by molar-refractivity contribution is -0.129. The number of likely N-dealkylation sites (tertiary alicyclic amines) is 1. The second-order valence-electron chi connectivity index (χ2n) is 7.96. The first kappa shape index (κ1) is 18.2. The van der Waals surface area contributed by atoms with E-state index in [2.05, 4.69) is 13.8 Å². The van der Waals surface area contributed by atoms with E-state index in [1.807, 2.05) is 23.2 Å². The van der Waals surface area contributed by atoms with Gasteiger partial charge in [0.2, 0.25) is 5.91 Å². The van der Waals surface area contributed by atoms with Crippen molar-refractivity contribution in [1.82, 2.24) is 14.9 Å². The summed E-state index contributed by atoms with van der Waals surface area (Å²) >= 11 is 3.44. The van der Waals surface area contributed by atoms with E-state index < -0.39 is 0 Å². The fourth-order valence-corrected chi connectivity index (χ4v) is 6.49. The van der Waals surface area contributed by atoms with E-state index in [4.69, 9.17) is 9.97 Å². The van der Waals surface area contributed by atoms with Gasteiger partial charge in [0.1, 0.15) is 15.7 Å². The van der Waals surface area contributed by atoms with Crippen LogP contribution in [0.5, 0.6) is 0 Å². The molecule has 3 heterocycles. The molecule has 2 aromatic rings. The van der Waals surface area contributed by atoms with Crippen LogP contribution in [0.25, 0.3) is 10.2 Å². The maximum atomic E-state index is 12.6. The van der Waals surface area contributed by atoms with E-state index >= 15 is 0 Å². The molecule has 4 nitrogen and oxygen atoms in total. The van der Waals surface area contributed by atoms with E-state index in [0.29, 0.717) is 5.75 Å². The van der Waals surface area contributed by atoms with E-state index in [0.717, 1.165) is 66.3 Å². The number of hydrogen-bond donors (Lipinski definition) is 0. The molecule has 0 aromatic carbocycles. The molecule has 1 atom stereocenters. The van der Waals surface area contributed by atoms with Crippen LogP contribution in [0.3, 0.4) is 0 Å². The Labute approximate surface area is 163 Å². The maximum absolute atomic E-state index is 12.6. The zero-order valence-corrected chi connectivity index (χ0v) is 17.5. The molecule has 2 aliphatic rings. The Bertz CT molecular complexity index is 824. The predicted molar refractivity (Wildman–Crippen MR) is 109 cm³/mol. The first-order chi connectivity index (χ1) is 12.5. The van der Waals surface area contributed by atoms with Gasteiger partial charge in [0, 0.05) is 23.4 Å². The number of hydrogen-bond acceptors (Lipinski definition) is 5. The highest BCUT2D eigenvalue weighted by Gasteiger charge is 2.25. The zero-order valence-electron chi connectivity index (χ0n) is 15.9. The summed E-state index contributed by atoms with van der Waals surface area (Å²) in [5.41, 5.74) is 1.45. The van der Waals surface area contributed by atoms with Gasteiger partial charge in [-0.05, 0) is 56.4 Å². The summed E-state index contributed by atoms with van der Waals surface area (Å²) in [4.78, 5) is 26.7. The van der Waals surface area contributed by atoms with Gasteiger partial charge in [0.05, 0.1) is 5.75 Å². The lowest BCUT2D eigenvalue weighted by Gasteiger charge is -2.30. The number of thioether (sulfide) groups is 1. The molecule has 0 N–H and O–H groups in total. The van der Waals surface area contributed by atoms with Gasteiger partial charge < -0.3 is 4.90 Å². The van der Waals surface area contributed by atoms with Gasteiger partial charge in [-0.15, -0.1) is 11.3 Å². The van der Waals surface area contributed by atoms with Crippen molar-refractivity contribution in [1.29, 1.82) is 0 Å². The molecular weight excluding hydrogens is 362 g/mol. The lowest BCUT2D eigenvalue weighted by Crippen LogP contribution is -2.38. The molecule has 1 aliphatic heterocycles. The summed E-state index contributed by atoms with van der Waals surface area (Å²) in [5.74, 6) is 3.05. The lowest BCUT2D eigenvalue weighted by atomic mass is 9.89. The van der Waals surface area contributed by atoms with Crippen LogP contribution in [0.2, 0.25) is 0 Å². The molecule has 1 unspecified atom stereocenters. The topological polar surface area (TPSA) is 46.1 Å². The van der Waals surface area contributed by atoms with Crippen LogP contribution in [-0.2, 0) is 17.6 Å². The molecule has 6 heteroatoms. The number of aryl methyl sites for hydroxylation is 2. The first-order valence-electron chi connectivity index (χ1n) is 9.70. The highest BCUT2D eigenvalue weighted by atomic mass is 32.2. The van der Waals surface area contributed by atoms with Gasteiger partial charge in [-0.25, -0.2) is 9.97 Å². The molecule has 1 aliphatic carbocycles. The van der Waals surface area contributed by atoms with Crippen LogP contribution in [0.15, 0.2) is 5.03 Å². The number of rotatable bonds is 3. The number of carbonyl (C=O) groups excluding carboxylic acids is 1. The average molecular weight is 390 g/mol. The molecule has 1 saturated heterocycles. The van der Waals surface area contributed by atoms with Crippen LogP contribution in [-0.4, -0.2) is 39.6 Å². The highest BCUT2D eigenvalue weighted by molar-refractivity contribution is 8.00. The molecule has 0 bridgehead atoms. The molecule has 26 heavy (non-hydrogen) atoms. The minimum absolute atomic E-state index is 0.254. The van der Waals surface area contributed by atoms with Crippen LogP contribution in [0.1, 0.15) is 49.4 Å². The monoisotopic (exact) mass is 389 g/mol. The van der Waals surface area contributed by atoms with E-state index in [1.54, 1.807) is 11.8 Å². The van der Waals surface area contributed by atoms with Gasteiger partial charge in [0.15, 0.2) is 0 Å². The predicted octanol–water partition coefficient (Wildman–Crippen LogP) is 4.48. The molecular formula is C20H27N3OS2. The van der Waals surface area contributed by atoms with E-state index in [-0.39, 0.29) is 5.91 Å². The number of aromatic nitrogens is 2. The van der Waals surface area contributed by atoms with Crippen molar-refractivity contribution in [3.05, 3.63) is 16.3 Å². The molecule has 1 amide bonds. The number of carbonyl (C=O) groups is 1. The zero-order chi connectivity index (χ0) is 18.3. The Balaban J connectivity index is 1.55. The maximum Gasteiger partial charge on any atom is 0.232 e. The Morgan fingerprint density at radius 3 is 2.73 bits per heavy atom. The van der Waals surface area contributed by atoms with Crippen molar-refractivity contribution in [3.8, 4) is 0 Å². The second-order valence-corrected chi connectivity index (χ2v) is 10.0. The Kier molecular flexibility index (Phi) is 5.24. The summed E-state index contributed by atoms with van der Waals surface area (Å²) in [6.45, 7) is 8.38. The Hall–Kier alpha value is -1.14. The molecule has 0 radical (unpaired) electrons. The number of fused-ring (bicyclic) bond motifs is 3. The molecule has 2 aromatic heterocycles. The van der Waals surface area contributed by atoms with Crippen LogP contribution >= 0.6 is 23.1 Å². The smallest absolute Gasteiger partial charge is 0.232 e. The Morgan fingerprint density at radius 1 is 1.19 bits per heavy atom. The van der Waals surface area contributed by atoms with Gasteiger partial charge in [-0.1, -0.05) is 25.6 Å². The summed E-state index contributed by atoms with van der Waals surface area (Å²) in [7, 11) is 0. The molecule has 1 fully saturated rings. The molecule has 4 rings (SSSR count). The molecule has 140 valence electrons.